The first kappa shape index (κ1) is 17.8. The first-order valence-corrected chi connectivity index (χ1v) is 11.5. The van der Waals surface area contributed by atoms with E-state index in [9.17, 15) is 16.8 Å². The molecule has 2 heterocycles. The Morgan fingerprint density at radius 3 is 2.33 bits per heavy atom. The summed E-state index contributed by atoms with van der Waals surface area (Å²) in [5, 5.41) is 0. The SMILES string of the molecule is Cc1ccc(C)c(S(=O)(=O)N2CCN(C3CCS(=O)(=O)C3)CC2)c1. The maximum atomic E-state index is 12.9. The Labute approximate surface area is 144 Å². The van der Waals surface area contributed by atoms with Crippen molar-refractivity contribution in [2.45, 2.75) is 31.2 Å². The van der Waals surface area contributed by atoms with Crippen molar-refractivity contribution in [2.24, 2.45) is 0 Å². The molecule has 0 N–H and O–H groups in total. The molecule has 0 spiro atoms. The van der Waals surface area contributed by atoms with Crippen LogP contribution in [0.1, 0.15) is 17.5 Å². The van der Waals surface area contributed by atoms with Gasteiger partial charge in [-0.3, -0.25) is 4.90 Å². The average Bonchev–Trinajstić information content (AvgIpc) is 2.90. The fraction of sp³-hybridized carbons (Fsp3) is 0.625. The van der Waals surface area contributed by atoms with E-state index in [1.54, 1.807) is 6.07 Å². The van der Waals surface area contributed by atoms with Crippen LogP contribution in [0, 0.1) is 13.8 Å². The first-order valence-electron chi connectivity index (χ1n) is 8.21. The van der Waals surface area contributed by atoms with Crippen LogP contribution in [0.2, 0.25) is 0 Å². The van der Waals surface area contributed by atoms with Crippen LogP contribution in [0.3, 0.4) is 0 Å². The minimum absolute atomic E-state index is 0.0422. The lowest BCUT2D eigenvalue weighted by Gasteiger charge is -2.37. The summed E-state index contributed by atoms with van der Waals surface area (Å²) in [5.41, 5.74) is 1.68. The predicted octanol–water partition coefficient (Wildman–Crippen LogP) is 0.797. The van der Waals surface area contributed by atoms with Crippen LogP contribution < -0.4 is 0 Å². The van der Waals surface area contributed by atoms with Crippen molar-refractivity contribution in [1.82, 2.24) is 9.21 Å². The zero-order valence-electron chi connectivity index (χ0n) is 14.1. The van der Waals surface area contributed by atoms with Gasteiger partial charge in [0.25, 0.3) is 0 Å². The van der Waals surface area contributed by atoms with E-state index in [1.165, 1.54) is 4.31 Å². The molecule has 0 bridgehead atoms. The second kappa shape index (κ2) is 6.40. The summed E-state index contributed by atoms with van der Waals surface area (Å²) in [6.45, 7) is 5.69. The molecule has 6 nitrogen and oxygen atoms in total. The highest BCUT2D eigenvalue weighted by molar-refractivity contribution is 7.91. The van der Waals surface area contributed by atoms with E-state index in [0.717, 1.165) is 11.1 Å². The maximum absolute atomic E-state index is 12.9. The lowest BCUT2D eigenvalue weighted by molar-refractivity contribution is 0.148. The number of hydrogen-bond donors (Lipinski definition) is 0. The van der Waals surface area contributed by atoms with E-state index in [2.05, 4.69) is 4.90 Å². The summed E-state index contributed by atoms with van der Waals surface area (Å²) in [6, 6.07) is 5.51. The number of sulfone groups is 1. The molecule has 2 saturated heterocycles. The Morgan fingerprint density at radius 2 is 1.75 bits per heavy atom. The van der Waals surface area contributed by atoms with Crippen LogP contribution in [0.4, 0.5) is 0 Å². The Balaban J connectivity index is 1.71. The lowest BCUT2D eigenvalue weighted by Crippen LogP contribution is -2.52. The predicted molar refractivity (Wildman–Crippen MR) is 93.3 cm³/mol. The zero-order chi connectivity index (χ0) is 17.5. The van der Waals surface area contributed by atoms with E-state index in [0.29, 0.717) is 37.5 Å². The molecule has 0 saturated carbocycles. The zero-order valence-corrected chi connectivity index (χ0v) is 15.7. The van der Waals surface area contributed by atoms with Gasteiger partial charge in [0.2, 0.25) is 10.0 Å². The summed E-state index contributed by atoms with van der Waals surface area (Å²) in [6.07, 6.45) is 0.659. The minimum atomic E-state index is -3.50. The van der Waals surface area contributed by atoms with Crippen molar-refractivity contribution < 1.29 is 16.8 Å². The molecule has 1 aromatic rings. The summed E-state index contributed by atoms with van der Waals surface area (Å²) in [7, 11) is -6.41. The molecular weight excluding hydrogens is 348 g/mol. The quantitative estimate of drug-likeness (QED) is 0.784. The molecule has 2 aliphatic rings. The van der Waals surface area contributed by atoms with Crippen molar-refractivity contribution in [3.8, 4) is 0 Å². The number of sulfonamides is 1. The molecule has 1 unspecified atom stereocenters. The van der Waals surface area contributed by atoms with Crippen LogP contribution in [-0.4, -0.2) is 69.8 Å². The molecule has 8 heteroatoms. The van der Waals surface area contributed by atoms with E-state index >= 15 is 0 Å². The highest BCUT2D eigenvalue weighted by atomic mass is 32.2. The molecule has 0 aromatic heterocycles. The Bertz CT molecular complexity index is 826. The normalized spacial score (nSPS) is 25.8. The third-order valence-corrected chi connectivity index (χ3v) is 8.75. The van der Waals surface area contributed by atoms with Crippen LogP contribution in [0.15, 0.2) is 23.1 Å². The lowest BCUT2D eigenvalue weighted by atomic mass is 10.2. The van der Waals surface area contributed by atoms with E-state index in [4.69, 9.17) is 0 Å². The number of aryl methyl sites for hydroxylation is 2. The number of nitrogens with zero attached hydrogens (tertiary/aromatic N) is 2. The maximum Gasteiger partial charge on any atom is 0.243 e. The monoisotopic (exact) mass is 372 g/mol. The van der Waals surface area contributed by atoms with Gasteiger partial charge in [0.1, 0.15) is 0 Å². The van der Waals surface area contributed by atoms with Gasteiger partial charge in [-0.25, -0.2) is 16.8 Å². The van der Waals surface area contributed by atoms with Gasteiger partial charge in [-0.15, -0.1) is 0 Å². The van der Waals surface area contributed by atoms with Gasteiger partial charge in [0, 0.05) is 32.2 Å². The van der Waals surface area contributed by atoms with Crippen LogP contribution >= 0.6 is 0 Å². The number of benzene rings is 1. The van der Waals surface area contributed by atoms with Crippen molar-refractivity contribution in [3.05, 3.63) is 29.3 Å². The number of rotatable bonds is 3. The molecule has 0 radical (unpaired) electrons. The Kier molecular flexibility index (Phi) is 4.76. The number of piperazine rings is 1. The van der Waals surface area contributed by atoms with Gasteiger partial charge < -0.3 is 0 Å². The standard InChI is InChI=1S/C16H24N2O4S2/c1-13-3-4-14(2)16(11-13)24(21,22)18-8-6-17(7-9-18)15-5-10-23(19,20)12-15/h3-4,11,15H,5-10,12H2,1-2H3. The third-order valence-electron chi connectivity index (χ3n) is 4.96. The van der Waals surface area contributed by atoms with E-state index in [1.807, 2.05) is 26.0 Å². The van der Waals surface area contributed by atoms with E-state index < -0.39 is 19.9 Å². The summed E-state index contributed by atoms with van der Waals surface area (Å²) < 4.78 is 50.6. The molecular formula is C16H24N2O4S2. The summed E-state index contributed by atoms with van der Waals surface area (Å²) in [5.74, 6) is 0.454. The molecule has 0 amide bonds. The van der Waals surface area contributed by atoms with Crippen molar-refractivity contribution >= 4 is 19.9 Å². The van der Waals surface area contributed by atoms with Crippen molar-refractivity contribution in [3.63, 3.8) is 0 Å². The van der Waals surface area contributed by atoms with Crippen molar-refractivity contribution in [1.29, 1.82) is 0 Å². The van der Waals surface area contributed by atoms with Gasteiger partial charge in [-0.1, -0.05) is 12.1 Å². The molecule has 0 aliphatic carbocycles. The van der Waals surface area contributed by atoms with Crippen molar-refractivity contribution in [2.75, 3.05) is 37.7 Å². The largest absolute Gasteiger partial charge is 0.297 e. The average molecular weight is 373 g/mol. The molecule has 134 valence electrons. The van der Waals surface area contributed by atoms with E-state index in [-0.39, 0.29) is 17.5 Å². The van der Waals surface area contributed by atoms with Gasteiger partial charge in [-0.2, -0.15) is 4.31 Å². The van der Waals surface area contributed by atoms with Gasteiger partial charge in [0.15, 0.2) is 9.84 Å². The second-order valence-corrected chi connectivity index (χ2v) is 10.9. The van der Waals surface area contributed by atoms with Crippen LogP contribution in [0.25, 0.3) is 0 Å². The highest BCUT2D eigenvalue weighted by Gasteiger charge is 2.36. The second-order valence-electron chi connectivity index (χ2n) is 6.77. The first-order chi connectivity index (χ1) is 11.2. The smallest absolute Gasteiger partial charge is 0.243 e. The van der Waals surface area contributed by atoms with Gasteiger partial charge in [-0.05, 0) is 37.5 Å². The van der Waals surface area contributed by atoms with Gasteiger partial charge in [0.05, 0.1) is 16.4 Å². The minimum Gasteiger partial charge on any atom is -0.297 e. The third kappa shape index (κ3) is 3.51. The Hall–Kier alpha value is -0.960. The van der Waals surface area contributed by atoms with Gasteiger partial charge >= 0.3 is 0 Å². The fourth-order valence-corrected chi connectivity index (χ4v) is 6.99. The molecule has 24 heavy (non-hydrogen) atoms. The van der Waals surface area contributed by atoms with Crippen LogP contribution in [0.5, 0.6) is 0 Å². The topological polar surface area (TPSA) is 74.8 Å². The molecule has 2 aliphatic heterocycles. The molecule has 3 rings (SSSR count). The molecule has 1 aromatic carbocycles. The number of hydrogen-bond acceptors (Lipinski definition) is 5. The Morgan fingerprint density at radius 1 is 1.08 bits per heavy atom. The molecule has 2 fully saturated rings. The highest BCUT2D eigenvalue weighted by Crippen LogP contribution is 2.24. The summed E-state index contributed by atoms with van der Waals surface area (Å²) in [4.78, 5) is 2.50. The fourth-order valence-electron chi connectivity index (χ4n) is 3.50. The summed E-state index contributed by atoms with van der Waals surface area (Å²) >= 11 is 0. The molecule has 1 atom stereocenters. The van der Waals surface area contributed by atoms with Crippen LogP contribution in [-0.2, 0) is 19.9 Å².